The molecule has 5 rings (SSSR count). The van der Waals surface area contributed by atoms with Crippen molar-refractivity contribution in [2.75, 3.05) is 0 Å². The van der Waals surface area contributed by atoms with Gasteiger partial charge in [0.1, 0.15) is 17.7 Å². The van der Waals surface area contributed by atoms with Crippen LogP contribution in [0.1, 0.15) is 38.8 Å². The van der Waals surface area contributed by atoms with Crippen LogP contribution in [0.4, 0.5) is 4.39 Å². The molecule has 4 atom stereocenters. The number of phenolic OH excluding ortho intramolecular Hbond substituents is 1. The van der Waals surface area contributed by atoms with Crippen molar-refractivity contribution in [3.63, 3.8) is 0 Å². The highest BCUT2D eigenvalue weighted by Gasteiger charge is 2.55. The van der Waals surface area contributed by atoms with Gasteiger partial charge in [0, 0.05) is 47.4 Å². The van der Waals surface area contributed by atoms with Crippen molar-refractivity contribution >= 4 is 5.57 Å². The van der Waals surface area contributed by atoms with Gasteiger partial charge in [-0.05, 0) is 62.9 Å². The van der Waals surface area contributed by atoms with Crippen LogP contribution in [0.25, 0.3) is 28.2 Å². The summed E-state index contributed by atoms with van der Waals surface area (Å²) >= 11 is 0. The molecule has 2 bridgehead atoms. The Morgan fingerprint density at radius 3 is 2.71 bits per heavy atom. The molecule has 0 aliphatic carbocycles. The first-order chi connectivity index (χ1) is 16.1. The summed E-state index contributed by atoms with van der Waals surface area (Å²) in [6, 6.07) is 9.94. The third-order valence-corrected chi connectivity index (χ3v) is 7.45. The second-order valence-electron chi connectivity index (χ2n) is 10.0. The largest absolute Gasteiger partial charge is 0.507 e. The van der Waals surface area contributed by atoms with Gasteiger partial charge in [0.25, 0.3) is 5.56 Å². The van der Waals surface area contributed by atoms with Crippen LogP contribution in [-0.2, 0) is 7.05 Å². The maximum atomic E-state index is 15.4. The summed E-state index contributed by atoms with van der Waals surface area (Å²) < 4.78 is 16.8. The summed E-state index contributed by atoms with van der Waals surface area (Å²) in [5.41, 5.74) is 1.98. The maximum Gasteiger partial charge on any atom is 0.253 e. The van der Waals surface area contributed by atoms with Crippen molar-refractivity contribution in [1.29, 1.82) is 0 Å². The Labute approximate surface area is 197 Å². The Hall–Kier alpha value is -3.39. The van der Waals surface area contributed by atoms with Crippen LogP contribution in [0.2, 0.25) is 0 Å². The van der Waals surface area contributed by atoms with Crippen LogP contribution < -0.4 is 10.9 Å². The quantitative estimate of drug-likeness (QED) is 0.613. The predicted molar refractivity (Wildman–Crippen MR) is 129 cm³/mol. The molecule has 3 aromatic rings. The van der Waals surface area contributed by atoms with E-state index in [-0.39, 0.29) is 22.8 Å². The fraction of sp³-hybridized carbons (Fsp3) is 0.385. The van der Waals surface area contributed by atoms with Gasteiger partial charge in [0.2, 0.25) is 0 Å². The lowest BCUT2D eigenvalue weighted by atomic mass is 9.75. The monoisotopic (exact) mass is 461 g/mol. The number of piperidine rings is 1. The molecular formula is C26H28FN5O2. The third kappa shape index (κ3) is 3.62. The zero-order valence-corrected chi connectivity index (χ0v) is 19.5. The smallest absolute Gasteiger partial charge is 0.253 e. The molecule has 2 saturated heterocycles. The molecule has 0 amide bonds. The van der Waals surface area contributed by atoms with Crippen molar-refractivity contribution in [2.45, 2.75) is 50.4 Å². The van der Waals surface area contributed by atoms with Gasteiger partial charge in [0.15, 0.2) is 0 Å². The second-order valence-corrected chi connectivity index (χ2v) is 10.0. The molecule has 0 saturated carbocycles. The highest BCUT2D eigenvalue weighted by atomic mass is 19.1. The summed E-state index contributed by atoms with van der Waals surface area (Å²) in [6.45, 7) is 8.28. The number of hydrogen-bond donors (Lipinski definition) is 2. The minimum absolute atomic E-state index is 0.00363. The van der Waals surface area contributed by atoms with Crippen LogP contribution >= 0.6 is 0 Å². The Balaban J connectivity index is 1.40. The highest BCUT2D eigenvalue weighted by molar-refractivity contribution is 5.73. The Bertz CT molecular complexity index is 1340. The van der Waals surface area contributed by atoms with Crippen molar-refractivity contribution in [1.82, 2.24) is 25.1 Å². The van der Waals surface area contributed by atoms with E-state index in [4.69, 9.17) is 0 Å². The zero-order valence-electron chi connectivity index (χ0n) is 19.5. The Kier molecular flexibility index (Phi) is 5.16. The molecule has 0 radical (unpaired) electrons. The minimum atomic E-state index is -1.05. The van der Waals surface area contributed by atoms with Gasteiger partial charge in [0.05, 0.1) is 11.4 Å². The second kappa shape index (κ2) is 7.84. The maximum absolute atomic E-state index is 15.4. The molecular weight excluding hydrogens is 433 g/mol. The van der Waals surface area contributed by atoms with E-state index in [1.54, 1.807) is 37.4 Å². The molecule has 1 aromatic carbocycles. The first-order valence-corrected chi connectivity index (χ1v) is 11.4. The van der Waals surface area contributed by atoms with Crippen molar-refractivity contribution in [3.8, 4) is 28.4 Å². The molecule has 0 unspecified atom stereocenters. The van der Waals surface area contributed by atoms with Crippen molar-refractivity contribution < 1.29 is 9.50 Å². The lowest BCUT2D eigenvalue weighted by Gasteiger charge is -2.45. The first kappa shape index (κ1) is 22.4. The molecule has 8 heteroatoms. The summed E-state index contributed by atoms with van der Waals surface area (Å²) in [4.78, 5) is 16.1. The molecule has 2 aliphatic heterocycles. The summed E-state index contributed by atoms with van der Waals surface area (Å²) in [5.74, 6) is 0.124. The van der Waals surface area contributed by atoms with E-state index in [9.17, 15) is 9.90 Å². The normalized spacial score (nSPS) is 28.1. The van der Waals surface area contributed by atoms with Crippen LogP contribution in [0, 0.1) is 5.92 Å². The topological polar surface area (TPSA) is 92.9 Å². The van der Waals surface area contributed by atoms with Gasteiger partial charge < -0.3 is 10.4 Å². The van der Waals surface area contributed by atoms with Gasteiger partial charge >= 0.3 is 0 Å². The fourth-order valence-corrected chi connectivity index (χ4v) is 5.51. The molecule has 2 fully saturated rings. The van der Waals surface area contributed by atoms with Gasteiger partial charge in [-0.3, -0.25) is 9.36 Å². The fourth-order valence-electron chi connectivity index (χ4n) is 5.51. The molecule has 4 heterocycles. The summed E-state index contributed by atoms with van der Waals surface area (Å²) in [7, 11) is 1.63. The van der Waals surface area contributed by atoms with Gasteiger partial charge in [-0.1, -0.05) is 12.6 Å². The van der Waals surface area contributed by atoms with Crippen molar-refractivity contribution in [3.05, 3.63) is 65.2 Å². The van der Waals surface area contributed by atoms with E-state index >= 15 is 4.39 Å². The number of benzene rings is 1. The van der Waals surface area contributed by atoms with E-state index in [0.29, 0.717) is 40.3 Å². The van der Waals surface area contributed by atoms with E-state index in [0.717, 1.165) is 12.8 Å². The standard InChI is InChI=1S/C26H28FN5O2/c1-15(18-14-25(2)10-11-26(3,31-25)23(18)27)19-7-8-20(30-29-19)17-6-5-16(13-21(17)33)24-28-12-9-22(34)32(24)4/h5-9,12-13,18,23,31,33H,1,10-11,14H2,2-4H3/t18-,23-,25+,26-/m0/s1. The lowest BCUT2D eigenvalue weighted by molar-refractivity contribution is 0.0770. The number of nitrogens with zero attached hydrogens (tertiary/aromatic N) is 4. The molecule has 2 aromatic heterocycles. The van der Waals surface area contributed by atoms with Crippen LogP contribution in [-0.4, -0.2) is 42.1 Å². The molecule has 7 nitrogen and oxygen atoms in total. The zero-order chi connectivity index (χ0) is 24.3. The average molecular weight is 462 g/mol. The third-order valence-electron chi connectivity index (χ3n) is 7.45. The van der Waals surface area contributed by atoms with Crippen molar-refractivity contribution in [2.24, 2.45) is 13.0 Å². The Morgan fingerprint density at radius 2 is 2.00 bits per heavy atom. The van der Waals surface area contributed by atoms with Gasteiger partial charge in [-0.2, -0.15) is 5.10 Å². The van der Waals surface area contributed by atoms with E-state index in [1.165, 1.54) is 16.8 Å². The first-order valence-electron chi connectivity index (χ1n) is 11.4. The average Bonchev–Trinajstić information content (AvgIpc) is 3.09. The number of nitrogens with one attached hydrogen (secondary N) is 1. The van der Waals surface area contributed by atoms with Crippen LogP contribution in [0.3, 0.4) is 0 Å². The highest BCUT2D eigenvalue weighted by Crippen LogP contribution is 2.49. The minimum Gasteiger partial charge on any atom is -0.507 e. The van der Waals surface area contributed by atoms with E-state index in [2.05, 4.69) is 34.0 Å². The van der Waals surface area contributed by atoms with Gasteiger partial charge in [-0.15, -0.1) is 5.10 Å². The van der Waals surface area contributed by atoms with Crippen LogP contribution in [0.5, 0.6) is 5.75 Å². The number of halogens is 1. The van der Waals surface area contributed by atoms with E-state index in [1.807, 2.05) is 6.92 Å². The number of alkyl halides is 1. The number of phenols is 1. The molecule has 2 N–H and O–H groups in total. The number of aromatic nitrogens is 4. The van der Waals surface area contributed by atoms with Gasteiger partial charge in [-0.25, -0.2) is 9.37 Å². The SMILES string of the molecule is C=C(c1ccc(-c2ccc(-c3nccc(=O)n3C)cc2O)nn1)[C@@H]1C[C@@]2(C)CC[C@](C)(N2)[C@H]1F. The number of aromatic hydroxyl groups is 1. The lowest BCUT2D eigenvalue weighted by Crippen LogP contribution is -2.60. The Morgan fingerprint density at radius 1 is 1.21 bits per heavy atom. The molecule has 2 aliphatic rings. The molecule has 176 valence electrons. The number of rotatable bonds is 4. The van der Waals surface area contributed by atoms with Crippen LogP contribution in [0.15, 0.2) is 54.0 Å². The molecule has 34 heavy (non-hydrogen) atoms. The summed E-state index contributed by atoms with van der Waals surface area (Å²) in [5, 5.41) is 22.8. The number of allylic oxidation sites excluding steroid dienone is 1. The molecule has 0 spiro atoms. The van der Waals surface area contributed by atoms with E-state index < -0.39 is 11.7 Å². The number of hydrogen-bond acceptors (Lipinski definition) is 6. The predicted octanol–water partition coefficient (Wildman–Crippen LogP) is 3.88. The summed E-state index contributed by atoms with van der Waals surface area (Å²) in [6.07, 6.45) is 2.82. The number of fused-ring (bicyclic) bond motifs is 2.